The third kappa shape index (κ3) is 3.25. The van der Waals surface area contributed by atoms with E-state index in [1.165, 1.54) is 4.90 Å². The highest BCUT2D eigenvalue weighted by atomic mass is 35.5. The molecule has 19 heavy (non-hydrogen) atoms. The molecule has 0 aromatic carbocycles. The van der Waals surface area contributed by atoms with E-state index in [0.717, 1.165) is 0 Å². The molecule has 2 rings (SSSR count). The van der Waals surface area contributed by atoms with E-state index in [1.54, 1.807) is 12.1 Å². The second-order valence-electron chi connectivity index (χ2n) is 5.48. The van der Waals surface area contributed by atoms with Crippen molar-refractivity contribution < 1.29 is 9.59 Å². The first-order valence-electron chi connectivity index (χ1n) is 5.93. The summed E-state index contributed by atoms with van der Waals surface area (Å²) in [6, 6.07) is 3.27. The van der Waals surface area contributed by atoms with Crippen molar-refractivity contribution in [2.24, 2.45) is 5.41 Å². The van der Waals surface area contributed by atoms with Gasteiger partial charge < -0.3 is 0 Å². The van der Waals surface area contributed by atoms with Crippen molar-refractivity contribution in [1.29, 1.82) is 0 Å². The third-order valence-corrected chi connectivity index (χ3v) is 3.62. The van der Waals surface area contributed by atoms with E-state index >= 15 is 0 Å². The van der Waals surface area contributed by atoms with Gasteiger partial charge in [-0.15, -0.1) is 0 Å². The monoisotopic (exact) mass is 300 g/mol. The Morgan fingerprint density at radius 1 is 1.21 bits per heavy atom. The second-order valence-corrected chi connectivity index (χ2v) is 6.22. The number of imide groups is 1. The predicted molar refractivity (Wildman–Crippen MR) is 72.8 cm³/mol. The molecular weight excluding hydrogens is 287 g/mol. The van der Waals surface area contributed by atoms with Crippen molar-refractivity contribution in [2.75, 3.05) is 0 Å². The van der Waals surface area contributed by atoms with Gasteiger partial charge >= 0.3 is 0 Å². The van der Waals surface area contributed by atoms with Gasteiger partial charge in [0.15, 0.2) is 0 Å². The minimum atomic E-state index is -0.271. The number of carbonyl (C=O) groups excluding carboxylic acids is 2. The van der Waals surface area contributed by atoms with E-state index in [-0.39, 0.29) is 34.1 Å². The molecule has 0 radical (unpaired) electrons. The van der Waals surface area contributed by atoms with Crippen molar-refractivity contribution in [2.45, 2.75) is 33.2 Å². The molecule has 1 aromatic rings. The Morgan fingerprint density at radius 2 is 1.79 bits per heavy atom. The van der Waals surface area contributed by atoms with Gasteiger partial charge in [-0.2, -0.15) is 0 Å². The van der Waals surface area contributed by atoms with Gasteiger partial charge in [0, 0.05) is 18.4 Å². The van der Waals surface area contributed by atoms with Gasteiger partial charge in [0.05, 0.1) is 6.54 Å². The number of rotatable bonds is 2. The molecule has 4 nitrogen and oxygen atoms in total. The van der Waals surface area contributed by atoms with Gasteiger partial charge in [0.1, 0.15) is 10.3 Å². The molecule has 6 heteroatoms. The number of pyridine rings is 1. The van der Waals surface area contributed by atoms with Gasteiger partial charge in [-0.3, -0.25) is 14.5 Å². The highest BCUT2D eigenvalue weighted by molar-refractivity contribution is 6.32. The Labute approximate surface area is 121 Å². The van der Waals surface area contributed by atoms with Crippen LogP contribution < -0.4 is 0 Å². The van der Waals surface area contributed by atoms with Gasteiger partial charge in [0.25, 0.3) is 0 Å². The number of carbonyl (C=O) groups is 2. The van der Waals surface area contributed by atoms with E-state index in [0.29, 0.717) is 18.4 Å². The molecule has 102 valence electrons. The molecule has 1 fully saturated rings. The molecule has 1 aliphatic heterocycles. The fraction of sp³-hybridized carbons (Fsp3) is 0.462. The van der Waals surface area contributed by atoms with Crippen LogP contribution in [0.5, 0.6) is 0 Å². The van der Waals surface area contributed by atoms with Gasteiger partial charge in [-0.25, -0.2) is 4.98 Å². The summed E-state index contributed by atoms with van der Waals surface area (Å²) in [5, 5.41) is 0.504. The van der Waals surface area contributed by atoms with Gasteiger partial charge in [-0.1, -0.05) is 43.1 Å². The number of halogens is 2. The van der Waals surface area contributed by atoms with E-state index in [9.17, 15) is 9.59 Å². The number of piperidine rings is 1. The molecular formula is C13H14Cl2N2O2. The SMILES string of the molecule is CC1(C)CC(=O)N(Cc2ccc(Cl)nc2Cl)C(=O)C1. The van der Waals surface area contributed by atoms with E-state index in [2.05, 4.69) is 4.98 Å². The standard InChI is InChI=1S/C13H14Cl2N2O2/c1-13(2)5-10(18)17(11(19)6-13)7-8-3-4-9(14)16-12(8)15/h3-4H,5-7H2,1-2H3. The molecule has 1 aliphatic rings. The molecule has 0 unspecified atom stereocenters. The zero-order valence-corrected chi connectivity index (χ0v) is 12.3. The van der Waals surface area contributed by atoms with E-state index < -0.39 is 0 Å². The normalized spacial score (nSPS) is 18.8. The van der Waals surface area contributed by atoms with Crippen LogP contribution in [-0.4, -0.2) is 21.7 Å². The van der Waals surface area contributed by atoms with Crippen molar-refractivity contribution in [3.8, 4) is 0 Å². The summed E-state index contributed by atoms with van der Waals surface area (Å²) in [6.07, 6.45) is 0.717. The van der Waals surface area contributed by atoms with Crippen LogP contribution >= 0.6 is 23.2 Å². The van der Waals surface area contributed by atoms with Crippen LogP contribution in [-0.2, 0) is 16.1 Å². The maximum Gasteiger partial charge on any atom is 0.230 e. The van der Waals surface area contributed by atoms with Crippen LogP contribution in [0, 0.1) is 5.41 Å². The number of hydrogen-bond donors (Lipinski definition) is 0. The molecule has 0 atom stereocenters. The fourth-order valence-corrected chi connectivity index (χ4v) is 2.52. The van der Waals surface area contributed by atoms with Crippen LogP contribution in [0.4, 0.5) is 0 Å². The van der Waals surface area contributed by atoms with Gasteiger partial charge in [-0.05, 0) is 11.5 Å². The van der Waals surface area contributed by atoms with Crippen LogP contribution in [0.3, 0.4) is 0 Å². The van der Waals surface area contributed by atoms with Crippen LogP contribution in [0.15, 0.2) is 12.1 Å². The molecule has 0 spiro atoms. The summed E-state index contributed by atoms with van der Waals surface area (Å²) in [7, 11) is 0. The van der Waals surface area contributed by atoms with Crippen LogP contribution in [0.1, 0.15) is 32.3 Å². The first-order chi connectivity index (χ1) is 8.78. The van der Waals surface area contributed by atoms with Crippen LogP contribution in [0.2, 0.25) is 10.3 Å². The molecule has 0 aliphatic carbocycles. The van der Waals surface area contributed by atoms with Crippen LogP contribution in [0.25, 0.3) is 0 Å². The average molecular weight is 301 g/mol. The lowest BCUT2D eigenvalue weighted by Crippen LogP contribution is -2.45. The maximum absolute atomic E-state index is 12.0. The lowest BCUT2D eigenvalue weighted by Gasteiger charge is -2.34. The molecule has 0 bridgehead atoms. The molecule has 2 heterocycles. The summed E-state index contributed by atoms with van der Waals surface area (Å²) in [4.78, 5) is 29.2. The Hall–Kier alpha value is -1.13. The summed E-state index contributed by atoms with van der Waals surface area (Å²) < 4.78 is 0. The minimum absolute atomic E-state index is 0.150. The lowest BCUT2D eigenvalue weighted by atomic mass is 9.81. The van der Waals surface area contributed by atoms with Crippen molar-refractivity contribution in [3.05, 3.63) is 28.0 Å². The average Bonchev–Trinajstić information content (AvgIpc) is 2.24. The highest BCUT2D eigenvalue weighted by Gasteiger charge is 2.37. The summed E-state index contributed by atoms with van der Waals surface area (Å²) >= 11 is 11.7. The van der Waals surface area contributed by atoms with Crippen molar-refractivity contribution in [1.82, 2.24) is 9.88 Å². The topological polar surface area (TPSA) is 50.3 Å². The molecule has 0 N–H and O–H groups in total. The zero-order valence-electron chi connectivity index (χ0n) is 10.7. The summed E-state index contributed by atoms with van der Waals surface area (Å²) in [5.41, 5.74) is 0.347. The maximum atomic E-state index is 12.0. The lowest BCUT2D eigenvalue weighted by molar-refractivity contribution is -0.153. The Balaban J connectivity index is 2.19. The summed E-state index contributed by atoms with van der Waals surface area (Å²) in [5.74, 6) is -0.348. The minimum Gasteiger partial charge on any atom is -0.278 e. The van der Waals surface area contributed by atoms with E-state index in [4.69, 9.17) is 23.2 Å². The number of amides is 2. The summed E-state index contributed by atoms with van der Waals surface area (Å²) in [6.45, 7) is 3.98. The number of hydrogen-bond acceptors (Lipinski definition) is 3. The fourth-order valence-electron chi connectivity index (χ4n) is 2.12. The Morgan fingerprint density at radius 3 is 2.32 bits per heavy atom. The van der Waals surface area contributed by atoms with Gasteiger partial charge in [0.2, 0.25) is 11.8 Å². The smallest absolute Gasteiger partial charge is 0.230 e. The number of aromatic nitrogens is 1. The first kappa shape index (κ1) is 14.3. The molecule has 2 amide bonds. The first-order valence-corrected chi connectivity index (χ1v) is 6.68. The van der Waals surface area contributed by atoms with E-state index in [1.807, 2.05) is 13.8 Å². The number of likely N-dealkylation sites (tertiary alicyclic amines) is 1. The molecule has 0 saturated carbocycles. The molecule has 1 saturated heterocycles. The number of nitrogens with zero attached hydrogens (tertiary/aromatic N) is 2. The highest BCUT2D eigenvalue weighted by Crippen LogP contribution is 2.32. The largest absolute Gasteiger partial charge is 0.278 e. The Bertz CT molecular complexity index is 523. The van der Waals surface area contributed by atoms with Crippen molar-refractivity contribution >= 4 is 35.0 Å². The molecule has 1 aromatic heterocycles. The Kier molecular flexibility index (Phi) is 3.83. The zero-order chi connectivity index (χ0) is 14.2. The third-order valence-electron chi connectivity index (χ3n) is 3.08. The predicted octanol–water partition coefficient (Wildman–Crippen LogP) is 3.06. The second kappa shape index (κ2) is 5.10. The van der Waals surface area contributed by atoms with Crippen molar-refractivity contribution in [3.63, 3.8) is 0 Å². The quantitative estimate of drug-likeness (QED) is 0.623.